The van der Waals surface area contributed by atoms with E-state index >= 15 is 0 Å². The standard InChI is InChI=1S/C8H24GeN4.Ge/c1-10(2)9(11(3)4,12(5)6)13(7)8;/h1-8H3;. The van der Waals surface area contributed by atoms with Gasteiger partial charge in [0.1, 0.15) is 0 Å². The molecule has 0 heterocycles. The molecular formula is C8H24Ge2N4. The van der Waals surface area contributed by atoms with Gasteiger partial charge in [-0.15, -0.1) is 0 Å². The first-order valence-electron chi connectivity index (χ1n) is 4.47. The largest absolute Gasteiger partial charge is 0 e. The van der Waals surface area contributed by atoms with Crippen LogP contribution in [0.5, 0.6) is 0 Å². The van der Waals surface area contributed by atoms with E-state index in [2.05, 4.69) is 71.8 Å². The normalized spacial score (nSPS) is 12.9. The first-order chi connectivity index (χ1) is 5.77. The molecular weight excluding hydrogens is 297 g/mol. The van der Waals surface area contributed by atoms with Crippen molar-refractivity contribution in [3.8, 4) is 0 Å². The molecule has 0 N–H and O–H groups in total. The molecule has 0 amide bonds. The zero-order valence-electron chi connectivity index (χ0n) is 10.8. The third-order valence-corrected chi connectivity index (χ3v) is 12.5. The van der Waals surface area contributed by atoms with Gasteiger partial charge >= 0.3 is 86.0 Å². The fraction of sp³-hybridized carbons (Fsp3) is 1.00. The van der Waals surface area contributed by atoms with Crippen LogP contribution in [0.25, 0.3) is 0 Å². The Balaban J connectivity index is 0. The SMILES string of the molecule is C[N](C)[Ge]([N](C)C)([N](C)C)[N](C)C.[Ge]. The van der Waals surface area contributed by atoms with Gasteiger partial charge < -0.3 is 0 Å². The number of hydrogen-bond donors (Lipinski definition) is 0. The van der Waals surface area contributed by atoms with Crippen LogP contribution in [0.4, 0.5) is 0 Å². The summed E-state index contributed by atoms with van der Waals surface area (Å²) >= 11 is -2.33. The van der Waals surface area contributed by atoms with E-state index in [1.54, 1.807) is 0 Å². The molecule has 0 spiro atoms. The van der Waals surface area contributed by atoms with Gasteiger partial charge in [-0.2, -0.15) is 0 Å². The van der Waals surface area contributed by atoms with E-state index in [9.17, 15) is 0 Å². The topological polar surface area (TPSA) is 13.0 Å². The third-order valence-electron chi connectivity index (χ3n) is 2.40. The van der Waals surface area contributed by atoms with E-state index in [0.29, 0.717) is 0 Å². The van der Waals surface area contributed by atoms with Crippen molar-refractivity contribution in [2.24, 2.45) is 0 Å². The average molecular weight is 322 g/mol. The predicted molar refractivity (Wildman–Crippen MR) is 66.3 cm³/mol. The van der Waals surface area contributed by atoms with Crippen LogP contribution >= 0.6 is 0 Å². The van der Waals surface area contributed by atoms with Crippen molar-refractivity contribution < 1.29 is 0 Å². The first-order valence-corrected chi connectivity index (χ1v) is 8.23. The van der Waals surface area contributed by atoms with Crippen LogP contribution in [0.15, 0.2) is 0 Å². The molecule has 4 radical (unpaired) electrons. The minimum absolute atomic E-state index is 0. The summed E-state index contributed by atoms with van der Waals surface area (Å²) in [6.45, 7) is 0. The molecule has 14 heavy (non-hydrogen) atoms. The molecule has 84 valence electrons. The van der Waals surface area contributed by atoms with Crippen LogP contribution in [0.1, 0.15) is 0 Å². The van der Waals surface area contributed by atoms with Gasteiger partial charge in [-0.05, 0) is 0 Å². The smallest absolute Gasteiger partial charge is 0 e. The van der Waals surface area contributed by atoms with E-state index in [1.165, 1.54) is 0 Å². The maximum Gasteiger partial charge on any atom is 0 e. The molecule has 0 rings (SSSR count). The third kappa shape index (κ3) is 2.96. The van der Waals surface area contributed by atoms with E-state index in [4.69, 9.17) is 0 Å². The minimum atomic E-state index is -2.33. The van der Waals surface area contributed by atoms with Gasteiger partial charge in [0.05, 0.1) is 0 Å². The summed E-state index contributed by atoms with van der Waals surface area (Å²) in [7, 11) is 17.3. The molecule has 0 saturated heterocycles. The van der Waals surface area contributed by atoms with E-state index in [-0.39, 0.29) is 17.6 Å². The van der Waals surface area contributed by atoms with Crippen LogP contribution in [-0.2, 0) is 0 Å². The number of nitrogens with zero attached hydrogens (tertiary/aromatic N) is 4. The van der Waals surface area contributed by atoms with Crippen molar-refractivity contribution in [3.05, 3.63) is 0 Å². The van der Waals surface area contributed by atoms with Crippen LogP contribution in [0.3, 0.4) is 0 Å². The Labute approximate surface area is 103 Å². The molecule has 0 aromatic heterocycles. The molecule has 0 atom stereocenters. The zero-order valence-corrected chi connectivity index (χ0v) is 15.0. The fourth-order valence-electron chi connectivity index (χ4n) is 2.40. The van der Waals surface area contributed by atoms with Crippen LogP contribution in [0, 0.1) is 0 Å². The Hall–Kier alpha value is 0.926. The van der Waals surface area contributed by atoms with Gasteiger partial charge in [0.25, 0.3) is 0 Å². The van der Waals surface area contributed by atoms with Crippen molar-refractivity contribution in [2.45, 2.75) is 0 Å². The summed E-state index contributed by atoms with van der Waals surface area (Å²) in [6.07, 6.45) is 0. The van der Waals surface area contributed by atoms with Crippen molar-refractivity contribution >= 4 is 31.8 Å². The summed E-state index contributed by atoms with van der Waals surface area (Å²) in [5.74, 6) is 0. The Morgan fingerprint density at radius 1 is 0.500 bits per heavy atom. The van der Waals surface area contributed by atoms with Crippen molar-refractivity contribution in [3.63, 3.8) is 0 Å². The Kier molecular flexibility index (Phi) is 8.04. The maximum atomic E-state index is 2.38. The van der Waals surface area contributed by atoms with E-state index in [0.717, 1.165) is 0 Å². The number of hydrogen-bond acceptors (Lipinski definition) is 4. The van der Waals surface area contributed by atoms with Gasteiger partial charge in [0.2, 0.25) is 0 Å². The molecule has 0 bridgehead atoms. The molecule has 0 aromatic carbocycles. The van der Waals surface area contributed by atoms with Gasteiger partial charge in [0.15, 0.2) is 0 Å². The van der Waals surface area contributed by atoms with Crippen LogP contribution in [-0.4, -0.2) is 104 Å². The number of rotatable bonds is 4. The molecule has 0 aromatic rings. The molecule has 0 unspecified atom stereocenters. The Bertz CT molecular complexity index is 122. The van der Waals surface area contributed by atoms with Gasteiger partial charge in [-0.25, -0.2) is 0 Å². The Morgan fingerprint density at radius 3 is 0.643 bits per heavy atom. The summed E-state index contributed by atoms with van der Waals surface area (Å²) < 4.78 is 9.50. The van der Waals surface area contributed by atoms with Crippen molar-refractivity contribution in [1.29, 1.82) is 0 Å². The van der Waals surface area contributed by atoms with E-state index < -0.39 is 14.2 Å². The maximum absolute atomic E-state index is 2.38. The predicted octanol–water partition coefficient (Wildman–Crippen LogP) is -0.712. The van der Waals surface area contributed by atoms with Crippen LogP contribution < -0.4 is 0 Å². The van der Waals surface area contributed by atoms with Crippen molar-refractivity contribution in [2.75, 3.05) is 56.4 Å². The molecule has 0 fully saturated rings. The Morgan fingerprint density at radius 2 is 0.643 bits per heavy atom. The monoisotopic (exact) mass is 324 g/mol. The van der Waals surface area contributed by atoms with E-state index in [1.807, 2.05) is 0 Å². The summed E-state index contributed by atoms with van der Waals surface area (Å²) in [5.41, 5.74) is 0. The quantitative estimate of drug-likeness (QED) is 0.634. The van der Waals surface area contributed by atoms with Gasteiger partial charge in [-0.3, -0.25) is 0 Å². The molecule has 0 saturated carbocycles. The first kappa shape index (κ1) is 17.3. The summed E-state index contributed by atoms with van der Waals surface area (Å²) in [4.78, 5) is 0. The second-order valence-electron chi connectivity index (χ2n) is 4.18. The second-order valence-corrected chi connectivity index (χ2v) is 14.2. The molecule has 4 nitrogen and oxygen atoms in total. The summed E-state index contributed by atoms with van der Waals surface area (Å²) in [6, 6.07) is 0. The zero-order chi connectivity index (χ0) is 10.8. The molecule has 0 aliphatic carbocycles. The fourth-order valence-corrected chi connectivity index (χ4v) is 12.5. The van der Waals surface area contributed by atoms with Crippen LogP contribution in [0.2, 0.25) is 0 Å². The minimum Gasteiger partial charge on any atom is 0 e. The molecule has 0 aliphatic rings. The summed E-state index contributed by atoms with van der Waals surface area (Å²) in [5, 5.41) is 0. The van der Waals surface area contributed by atoms with Gasteiger partial charge in [0, 0.05) is 17.6 Å². The molecule has 0 aliphatic heterocycles. The average Bonchev–Trinajstić information content (AvgIpc) is 1.82. The molecule has 6 heteroatoms. The van der Waals surface area contributed by atoms with Gasteiger partial charge in [-0.1, -0.05) is 0 Å². The second kappa shape index (κ2) is 6.50. The van der Waals surface area contributed by atoms with Crippen molar-refractivity contribution in [1.82, 2.24) is 15.4 Å².